The van der Waals surface area contributed by atoms with Gasteiger partial charge in [0.2, 0.25) is 5.91 Å². The van der Waals surface area contributed by atoms with Crippen LogP contribution in [0.25, 0.3) is 0 Å². The molecule has 3 aromatic rings. The minimum atomic E-state index is 0.0406. The van der Waals surface area contributed by atoms with Crippen LogP contribution in [0, 0.1) is 0 Å². The van der Waals surface area contributed by atoms with E-state index in [0.29, 0.717) is 25.5 Å². The molecular weight excluding hydrogens is 388 g/mol. The molecule has 0 aliphatic rings. The Balaban J connectivity index is 1.55. The number of guanidine groups is 1. The zero-order valence-electron chi connectivity index (χ0n) is 18.1. The zero-order chi connectivity index (χ0) is 21.9. The van der Waals surface area contributed by atoms with Crippen molar-refractivity contribution in [2.45, 2.75) is 39.4 Å². The number of amides is 1. The molecule has 3 rings (SSSR count). The number of aromatic nitrogens is 2. The zero-order valence-corrected chi connectivity index (χ0v) is 18.1. The molecule has 0 bridgehead atoms. The maximum atomic E-state index is 11.8. The van der Waals surface area contributed by atoms with Crippen molar-refractivity contribution in [3.05, 3.63) is 83.7 Å². The summed E-state index contributed by atoms with van der Waals surface area (Å²) in [5.41, 5.74) is 4.29. The Hall–Kier alpha value is -3.61. The summed E-state index contributed by atoms with van der Waals surface area (Å²) in [6.45, 7) is 3.98. The Morgan fingerprint density at radius 3 is 2.58 bits per heavy atom. The SMILES string of the molecule is CCCC(=O)Nc1cccc(CNC(=NC)NCc2ccccc2Cn2cccn2)c1. The predicted octanol–water partition coefficient (Wildman–Crippen LogP) is 3.54. The molecule has 0 spiro atoms. The second kappa shape index (κ2) is 11.5. The van der Waals surface area contributed by atoms with Gasteiger partial charge in [-0.15, -0.1) is 0 Å². The first kappa shape index (κ1) is 22.1. The van der Waals surface area contributed by atoms with Crippen LogP contribution in [0.5, 0.6) is 0 Å². The van der Waals surface area contributed by atoms with Crippen LogP contribution in [0.4, 0.5) is 5.69 Å². The van der Waals surface area contributed by atoms with Gasteiger partial charge in [0.15, 0.2) is 5.96 Å². The number of nitrogens with zero attached hydrogens (tertiary/aromatic N) is 3. The highest BCUT2D eigenvalue weighted by Crippen LogP contribution is 2.12. The van der Waals surface area contributed by atoms with Crippen molar-refractivity contribution >= 4 is 17.6 Å². The largest absolute Gasteiger partial charge is 0.352 e. The third kappa shape index (κ3) is 6.99. The summed E-state index contributed by atoms with van der Waals surface area (Å²) in [7, 11) is 1.76. The van der Waals surface area contributed by atoms with Crippen LogP contribution in [0.15, 0.2) is 72.0 Å². The van der Waals surface area contributed by atoms with Gasteiger partial charge in [-0.1, -0.05) is 43.3 Å². The Morgan fingerprint density at radius 1 is 1.03 bits per heavy atom. The number of rotatable bonds is 9. The summed E-state index contributed by atoms with van der Waals surface area (Å²) in [6, 6.07) is 18.1. The van der Waals surface area contributed by atoms with Crippen molar-refractivity contribution in [1.82, 2.24) is 20.4 Å². The normalized spacial score (nSPS) is 11.2. The lowest BCUT2D eigenvalue weighted by Gasteiger charge is -2.15. The smallest absolute Gasteiger partial charge is 0.224 e. The van der Waals surface area contributed by atoms with E-state index in [4.69, 9.17) is 0 Å². The lowest BCUT2D eigenvalue weighted by molar-refractivity contribution is -0.116. The van der Waals surface area contributed by atoms with E-state index in [-0.39, 0.29) is 5.91 Å². The van der Waals surface area contributed by atoms with Gasteiger partial charge in [0.1, 0.15) is 0 Å². The quantitative estimate of drug-likeness (QED) is 0.367. The molecule has 0 unspecified atom stereocenters. The molecule has 0 aliphatic carbocycles. The van der Waals surface area contributed by atoms with Crippen LogP contribution in [0.3, 0.4) is 0 Å². The van der Waals surface area contributed by atoms with Gasteiger partial charge in [-0.25, -0.2) is 0 Å². The number of benzene rings is 2. The lowest BCUT2D eigenvalue weighted by atomic mass is 10.1. The first-order chi connectivity index (χ1) is 15.2. The minimum Gasteiger partial charge on any atom is -0.352 e. The van der Waals surface area contributed by atoms with Crippen LogP contribution in [-0.2, 0) is 24.4 Å². The topological polar surface area (TPSA) is 83.3 Å². The molecule has 7 nitrogen and oxygen atoms in total. The number of anilines is 1. The van der Waals surface area contributed by atoms with Crippen LogP contribution in [0.2, 0.25) is 0 Å². The maximum absolute atomic E-state index is 11.8. The molecule has 1 heterocycles. The number of hydrogen-bond acceptors (Lipinski definition) is 3. The second-order valence-electron chi connectivity index (χ2n) is 7.25. The van der Waals surface area contributed by atoms with Gasteiger partial charge in [0, 0.05) is 44.6 Å². The van der Waals surface area contributed by atoms with E-state index in [1.165, 1.54) is 11.1 Å². The fourth-order valence-electron chi connectivity index (χ4n) is 3.25. The molecule has 0 aliphatic heterocycles. The van der Waals surface area contributed by atoms with Gasteiger partial charge in [-0.2, -0.15) is 5.10 Å². The van der Waals surface area contributed by atoms with Gasteiger partial charge >= 0.3 is 0 Å². The highest BCUT2D eigenvalue weighted by atomic mass is 16.1. The number of carbonyl (C=O) groups excluding carboxylic acids is 1. The number of aliphatic imine (C=N–C) groups is 1. The first-order valence-electron chi connectivity index (χ1n) is 10.6. The molecule has 3 N–H and O–H groups in total. The summed E-state index contributed by atoms with van der Waals surface area (Å²) in [5.74, 6) is 0.758. The van der Waals surface area contributed by atoms with E-state index in [0.717, 1.165) is 24.2 Å². The van der Waals surface area contributed by atoms with E-state index in [1.807, 2.05) is 60.3 Å². The van der Waals surface area contributed by atoms with Crippen LogP contribution < -0.4 is 16.0 Å². The summed E-state index contributed by atoms with van der Waals surface area (Å²) < 4.78 is 1.91. The second-order valence-corrected chi connectivity index (χ2v) is 7.25. The van der Waals surface area contributed by atoms with Gasteiger partial charge in [0.25, 0.3) is 0 Å². The summed E-state index contributed by atoms with van der Waals surface area (Å²) in [5, 5.41) is 13.9. The average molecular weight is 419 g/mol. The Labute approximate surface area is 183 Å². The lowest BCUT2D eigenvalue weighted by Crippen LogP contribution is -2.36. The standard InChI is InChI=1S/C24H30N6O/c1-3-8-23(31)29-22-12-6-9-19(15-22)16-26-24(25-2)27-17-20-10-4-5-11-21(20)18-30-14-7-13-28-30/h4-7,9-15H,3,8,16-18H2,1-2H3,(H,29,31)(H2,25,26,27). The third-order valence-corrected chi connectivity index (χ3v) is 4.83. The first-order valence-corrected chi connectivity index (χ1v) is 10.6. The minimum absolute atomic E-state index is 0.0406. The molecule has 0 radical (unpaired) electrons. The van der Waals surface area contributed by atoms with E-state index in [2.05, 4.69) is 38.2 Å². The Bertz CT molecular complexity index is 997. The summed E-state index contributed by atoms with van der Waals surface area (Å²) >= 11 is 0. The van der Waals surface area contributed by atoms with Gasteiger partial charge < -0.3 is 16.0 Å². The number of carbonyl (C=O) groups is 1. The predicted molar refractivity (Wildman–Crippen MR) is 125 cm³/mol. The molecule has 2 aromatic carbocycles. The van der Waals surface area contributed by atoms with Crippen molar-refractivity contribution in [3.63, 3.8) is 0 Å². The molecule has 162 valence electrons. The van der Waals surface area contributed by atoms with E-state index in [9.17, 15) is 4.79 Å². The maximum Gasteiger partial charge on any atom is 0.224 e. The molecular formula is C24H30N6O. The number of nitrogens with one attached hydrogen (secondary N) is 3. The van der Waals surface area contributed by atoms with Gasteiger partial charge in [-0.05, 0) is 41.3 Å². The fraction of sp³-hybridized carbons (Fsp3) is 0.292. The molecule has 0 saturated heterocycles. The van der Waals surface area contributed by atoms with Crippen molar-refractivity contribution in [1.29, 1.82) is 0 Å². The Kier molecular flexibility index (Phi) is 8.22. The van der Waals surface area contributed by atoms with E-state index >= 15 is 0 Å². The van der Waals surface area contributed by atoms with Gasteiger partial charge in [-0.3, -0.25) is 14.5 Å². The van der Waals surface area contributed by atoms with Crippen molar-refractivity contribution in [2.75, 3.05) is 12.4 Å². The third-order valence-electron chi connectivity index (χ3n) is 4.83. The Morgan fingerprint density at radius 2 is 1.84 bits per heavy atom. The number of hydrogen-bond donors (Lipinski definition) is 3. The molecule has 7 heteroatoms. The van der Waals surface area contributed by atoms with Crippen LogP contribution >= 0.6 is 0 Å². The van der Waals surface area contributed by atoms with Crippen LogP contribution in [0.1, 0.15) is 36.5 Å². The monoisotopic (exact) mass is 418 g/mol. The van der Waals surface area contributed by atoms with Gasteiger partial charge in [0.05, 0.1) is 6.54 Å². The average Bonchev–Trinajstić information content (AvgIpc) is 3.28. The molecule has 0 fully saturated rings. The van der Waals surface area contributed by atoms with E-state index < -0.39 is 0 Å². The van der Waals surface area contributed by atoms with Crippen molar-refractivity contribution < 1.29 is 4.79 Å². The fourth-order valence-corrected chi connectivity index (χ4v) is 3.25. The molecule has 1 amide bonds. The summed E-state index contributed by atoms with van der Waals surface area (Å²) in [6.07, 6.45) is 5.11. The molecule has 31 heavy (non-hydrogen) atoms. The molecule has 1 aromatic heterocycles. The highest BCUT2D eigenvalue weighted by molar-refractivity contribution is 5.90. The van der Waals surface area contributed by atoms with E-state index in [1.54, 1.807) is 13.2 Å². The van der Waals surface area contributed by atoms with Crippen molar-refractivity contribution in [2.24, 2.45) is 4.99 Å². The highest BCUT2D eigenvalue weighted by Gasteiger charge is 2.06. The molecule has 0 atom stereocenters. The molecule has 0 saturated carbocycles. The van der Waals surface area contributed by atoms with Crippen LogP contribution in [-0.4, -0.2) is 28.7 Å². The summed E-state index contributed by atoms with van der Waals surface area (Å²) in [4.78, 5) is 16.1. The van der Waals surface area contributed by atoms with Crippen molar-refractivity contribution in [3.8, 4) is 0 Å².